The summed E-state index contributed by atoms with van der Waals surface area (Å²) in [7, 11) is 0. The molecule has 2 fully saturated rings. The Bertz CT molecular complexity index is 626. The smallest absolute Gasteiger partial charge is 0.253 e. The average molecular weight is 422 g/mol. The molecule has 2 saturated heterocycles. The van der Waals surface area contributed by atoms with Crippen LogP contribution in [0.15, 0.2) is 30.3 Å². The minimum atomic E-state index is 0. The molecule has 0 saturated carbocycles. The van der Waals surface area contributed by atoms with Crippen LogP contribution in [0.5, 0.6) is 0 Å². The van der Waals surface area contributed by atoms with Crippen molar-refractivity contribution >= 4 is 24.2 Å². The molecule has 29 heavy (non-hydrogen) atoms. The minimum absolute atomic E-state index is 0. The lowest BCUT2D eigenvalue weighted by Gasteiger charge is -2.39. The van der Waals surface area contributed by atoms with E-state index in [0.717, 1.165) is 64.0 Å². The summed E-state index contributed by atoms with van der Waals surface area (Å²) in [6.07, 6.45) is 6.85. The summed E-state index contributed by atoms with van der Waals surface area (Å²) in [5, 5.41) is 3.39. The molecule has 2 aliphatic rings. The molecule has 3 rings (SSSR count). The van der Waals surface area contributed by atoms with Crippen LogP contribution in [-0.4, -0.2) is 60.4 Å². The van der Waals surface area contributed by atoms with E-state index in [9.17, 15) is 9.59 Å². The highest BCUT2D eigenvalue weighted by atomic mass is 35.5. The Hall–Kier alpha value is -1.59. The minimum Gasteiger partial charge on any atom is -0.340 e. The van der Waals surface area contributed by atoms with Crippen molar-refractivity contribution in [3.05, 3.63) is 35.9 Å². The van der Waals surface area contributed by atoms with E-state index in [0.29, 0.717) is 18.2 Å². The first-order valence-electron chi connectivity index (χ1n) is 11.0. The molecule has 1 aromatic rings. The molecule has 0 atom stereocenters. The van der Waals surface area contributed by atoms with Gasteiger partial charge in [-0.05, 0) is 69.7 Å². The second-order valence-corrected chi connectivity index (χ2v) is 8.21. The summed E-state index contributed by atoms with van der Waals surface area (Å²) in [5.74, 6) is 1.12. The third kappa shape index (κ3) is 6.71. The van der Waals surface area contributed by atoms with Crippen molar-refractivity contribution in [2.45, 2.75) is 57.9 Å². The molecule has 162 valence electrons. The van der Waals surface area contributed by atoms with Gasteiger partial charge in [-0.25, -0.2) is 0 Å². The molecule has 2 heterocycles. The van der Waals surface area contributed by atoms with Crippen molar-refractivity contribution in [3.8, 4) is 0 Å². The van der Waals surface area contributed by atoms with Crippen LogP contribution in [0.2, 0.25) is 0 Å². The van der Waals surface area contributed by atoms with Gasteiger partial charge >= 0.3 is 0 Å². The fourth-order valence-electron chi connectivity index (χ4n) is 4.54. The molecule has 0 radical (unpaired) electrons. The van der Waals surface area contributed by atoms with Crippen LogP contribution in [0.1, 0.15) is 62.2 Å². The standard InChI is InChI=1S/C23H35N3O2.ClH/c1-2-16-26(22(27)9-8-19-10-14-24-15-11-19)21-12-17-25(18-13-21)23(28)20-6-4-3-5-7-20;/h3-7,19,21,24H,2,8-18H2,1H3;1H. The van der Waals surface area contributed by atoms with Crippen LogP contribution >= 0.6 is 12.4 Å². The molecule has 1 aromatic carbocycles. The Morgan fingerprint density at radius 1 is 1.07 bits per heavy atom. The first-order chi connectivity index (χ1) is 13.7. The predicted molar refractivity (Wildman–Crippen MR) is 119 cm³/mol. The molecule has 5 nitrogen and oxygen atoms in total. The van der Waals surface area contributed by atoms with E-state index in [4.69, 9.17) is 0 Å². The SMILES string of the molecule is CCCN(C(=O)CCC1CCNCC1)C1CCN(C(=O)c2ccccc2)CC1.Cl. The largest absolute Gasteiger partial charge is 0.340 e. The van der Waals surface area contributed by atoms with Crippen LogP contribution in [-0.2, 0) is 4.79 Å². The lowest BCUT2D eigenvalue weighted by molar-refractivity contribution is -0.134. The number of piperidine rings is 2. The Kier molecular flexibility index (Phi) is 9.95. The first-order valence-corrected chi connectivity index (χ1v) is 11.0. The number of hydrogen-bond acceptors (Lipinski definition) is 3. The number of carbonyl (C=O) groups excluding carboxylic acids is 2. The summed E-state index contributed by atoms with van der Waals surface area (Å²) >= 11 is 0. The zero-order chi connectivity index (χ0) is 19.8. The van der Waals surface area contributed by atoms with E-state index < -0.39 is 0 Å². The topological polar surface area (TPSA) is 52.7 Å². The van der Waals surface area contributed by atoms with Crippen LogP contribution in [0.3, 0.4) is 0 Å². The highest BCUT2D eigenvalue weighted by Gasteiger charge is 2.29. The molecule has 0 spiro atoms. The van der Waals surface area contributed by atoms with Crippen LogP contribution < -0.4 is 5.32 Å². The van der Waals surface area contributed by atoms with Gasteiger partial charge in [0.15, 0.2) is 0 Å². The summed E-state index contributed by atoms with van der Waals surface area (Å²) in [6, 6.07) is 9.78. The molecular formula is C23H36ClN3O2. The lowest BCUT2D eigenvalue weighted by Crippen LogP contribution is -2.49. The summed E-state index contributed by atoms with van der Waals surface area (Å²) in [4.78, 5) is 29.7. The number of benzene rings is 1. The van der Waals surface area contributed by atoms with E-state index >= 15 is 0 Å². The molecule has 0 unspecified atom stereocenters. The fourth-order valence-corrected chi connectivity index (χ4v) is 4.54. The van der Waals surface area contributed by atoms with Gasteiger partial charge in [0.1, 0.15) is 0 Å². The van der Waals surface area contributed by atoms with Crippen LogP contribution in [0.25, 0.3) is 0 Å². The first kappa shape index (κ1) is 23.7. The van der Waals surface area contributed by atoms with Crippen molar-refractivity contribution in [1.82, 2.24) is 15.1 Å². The number of nitrogens with one attached hydrogen (secondary N) is 1. The van der Waals surface area contributed by atoms with Gasteiger partial charge in [0.25, 0.3) is 5.91 Å². The highest BCUT2D eigenvalue weighted by molar-refractivity contribution is 5.94. The van der Waals surface area contributed by atoms with Crippen molar-refractivity contribution in [2.24, 2.45) is 5.92 Å². The number of halogens is 1. The maximum Gasteiger partial charge on any atom is 0.253 e. The number of amides is 2. The Morgan fingerprint density at radius 2 is 1.72 bits per heavy atom. The van der Waals surface area contributed by atoms with E-state index in [1.54, 1.807) is 0 Å². The van der Waals surface area contributed by atoms with Gasteiger partial charge in [0.05, 0.1) is 0 Å². The molecule has 2 aliphatic heterocycles. The Balaban J connectivity index is 0.00000300. The maximum absolute atomic E-state index is 12.9. The Morgan fingerprint density at radius 3 is 2.34 bits per heavy atom. The van der Waals surface area contributed by atoms with E-state index in [1.165, 1.54) is 12.8 Å². The van der Waals surface area contributed by atoms with Gasteiger partial charge in [-0.3, -0.25) is 9.59 Å². The Labute approximate surface area is 181 Å². The van der Waals surface area contributed by atoms with Crippen molar-refractivity contribution in [1.29, 1.82) is 0 Å². The van der Waals surface area contributed by atoms with Gasteiger partial charge in [-0.15, -0.1) is 12.4 Å². The second-order valence-electron chi connectivity index (χ2n) is 8.21. The molecular weight excluding hydrogens is 386 g/mol. The van der Waals surface area contributed by atoms with E-state index in [2.05, 4.69) is 17.1 Å². The third-order valence-corrected chi connectivity index (χ3v) is 6.22. The summed E-state index contributed by atoms with van der Waals surface area (Å²) < 4.78 is 0. The number of rotatable bonds is 7. The van der Waals surface area contributed by atoms with E-state index in [-0.39, 0.29) is 24.4 Å². The average Bonchev–Trinajstić information content (AvgIpc) is 2.77. The predicted octanol–water partition coefficient (Wildman–Crippen LogP) is 3.73. The summed E-state index contributed by atoms with van der Waals surface area (Å²) in [5.41, 5.74) is 0.754. The maximum atomic E-state index is 12.9. The number of nitrogens with zero attached hydrogens (tertiary/aromatic N) is 2. The molecule has 2 amide bonds. The third-order valence-electron chi connectivity index (χ3n) is 6.22. The number of carbonyl (C=O) groups is 2. The number of hydrogen-bond donors (Lipinski definition) is 1. The number of likely N-dealkylation sites (tertiary alicyclic amines) is 1. The van der Waals surface area contributed by atoms with Crippen molar-refractivity contribution in [2.75, 3.05) is 32.7 Å². The monoisotopic (exact) mass is 421 g/mol. The molecule has 0 aliphatic carbocycles. The van der Waals surface area contributed by atoms with Crippen LogP contribution in [0.4, 0.5) is 0 Å². The van der Waals surface area contributed by atoms with Gasteiger partial charge in [-0.2, -0.15) is 0 Å². The van der Waals surface area contributed by atoms with Crippen molar-refractivity contribution in [3.63, 3.8) is 0 Å². The zero-order valence-electron chi connectivity index (χ0n) is 17.6. The van der Waals surface area contributed by atoms with E-state index in [1.807, 2.05) is 35.2 Å². The second kappa shape index (κ2) is 12.2. The summed E-state index contributed by atoms with van der Waals surface area (Å²) in [6.45, 7) is 6.63. The van der Waals surface area contributed by atoms with Gasteiger partial charge in [-0.1, -0.05) is 25.1 Å². The normalized spacial score (nSPS) is 18.2. The van der Waals surface area contributed by atoms with Gasteiger partial charge in [0, 0.05) is 37.7 Å². The lowest BCUT2D eigenvalue weighted by atomic mass is 9.92. The van der Waals surface area contributed by atoms with Gasteiger partial charge < -0.3 is 15.1 Å². The quantitative estimate of drug-likeness (QED) is 0.729. The highest BCUT2D eigenvalue weighted by Crippen LogP contribution is 2.22. The van der Waals surface area contributed by atoms with Gasteiger partial charge in [0.2, 0.25) is 5.91 Å². The van der Waals surface area contributed by atoms with Crippen LogP contribution in [0, 0.1) is 5.92 Å². The molecule has 0 bridgehead atoms. The fraction of sp³-hybridized carbons (Fsp3) is 0.652. The van der Waals surface area contributed by atoms with Crippen molar-refractivity contribution < 1.29 is 9.59 Å². The zero-order valence-corrected chi connectivity index (χ0v) is 18.5. The molecule has 6 heteroatoms. The molecule has 0 aromatic heterocycles. The molecule has 1 N–H and O–H groups in total.